The standard InChI is InChI=1S/C21H25NO6/c1-11-12(2)20(28-6)18(13(3)19(11)27-5)21(25)22-15-9-14(7-8-16(15)23)10-17(24)26-4/h7-9,23H,10H2,1-6H3,(H,22,25). The van der Waals surface area contributed by atoms with Gasteiger partial charge in [-0.15, -0.1) is 0 Å². The molecule has 150 valence electrons. The Bertz CT molecular complexity index is 920. The lowest BCUT2D eigenvalue weighted by Crippen LogP contribution is -2.17. The van der Waals surface area contributed by atoms with Crippen LogP contribution in [0.3, 0.4) is 0 Å². The number of anilines is 1. The van der Waals surface area contributed by atoms with Gasteiger partial charge in [0.1, 0.15) is 17.2 Å². The van der Waals surface area contributed by atoms with Gasteiger partial charge in [0.25, 0.3) is 5.91 Å². The summed E-state index contributed by atoms with van der Waals surface area (Å²) < 4.78 is 15.6. The number of aromatic hydroxyl groups is 1. The molecule has 0 unspecified atom stereocenters. The van der Waals surface area contributed by atoms with Crippen molar-refractivity contribution in [2.75, 3.05) is 26.6 Å². The number of hydrogen-bond donors (Lipinski definition) is 2. The van der Waals surface area contributed by atoms with Crippen LogP contribution in [0, 0.1) is 20.8 Å². The zero-order valence-electron chi connectivity index (χ0n) is 16.9. The van der Waals surface area contributed by atoms with E-state index in [0.29, 0.717) is 28.2 Å². The van der Waals surface area contributed by atoms with E-state index >= 15 is 0 Å². The highest BCUT2D eigenvalue weighted by Crippen LogP contribution is 2.38. The third kappa shape index (κ3) is 4.03. The Morgan fingerprint density at radius 3 is 2.14 bits per heavy atom. The highest BCUT2D eigenvalue weighted by molar-refractivity contribution is 6.09. The lowest BCUT2D eigenvalue weighted by atomic mass is 9.96. The van der Waals surface area contributed by atoms with Crippen LogP contribution in [0.15, 0.2) is 18.2 Å². The van der Waals surface area contributed by atoms with Crippen LogP contribution in [0.5, 0.6) is 17.2 Å². The molecule has 0 aliphatic carbocycles. The van der Waals surface area contributed by atoms with Crippen molar-refractivity contribution in [3.63, 3.8) is 0 Å². The number of phenols is 1. The van der Waals surface area contributed by atoms with E-state index in [1.807, 2.05) is 13.8 Å². The molecule has 2 aromatic carbocycles. The Morgan fingerprint density at radius 2 is 1.57 bits per heavy atom. The molecule has 0 atom stereocenters. The first-order valence-electron chi connectivity index (χ1n) is 8.66. The Hall–Kier alpha value is -3.22. The van der Waals surface area contributed by atoms with Crippen LogP contribution in [0.2, 0.25) is 0 Å². The van der Waals surface area contributed by atoms with E-state index in [2.05, 4.69) is 10.1 Å². The van der Waals surface area contributed by atoms with E-state index in [0.717, 1.165) is 11.1 Å². The maximum Gasteiger partial charge on any atom is 0.309 e. The largest absolute Gasteiger partial charge is 0.506 e. The normalized spacial score (nSPS) is 10.4. The zero-order valence-corrected chi connectivity index (χ0v) is 16.9. The van der Waals surface area contributed by atoms with Crippen molar-refractivity contribution >= 4 is 17.6 Å². The zero-order chi connectivity index (χ0) is 21.0. The summed E-state index contributed by atoms with van der Waals surface area (Å²) >= 11 is 0. The third-order valence-electron chi connectivity index (χ3n) is 4.71. The third-order valence-corrected chi connectivity index (χ3v) is 4.71. The maximum absolute atomic E-state index is 13.0. The molecule has 2 aromatic rings. The highest BCUT2D eigenvalue weighted by Gasteiger charge is 2.24. The average molecular weight is 387 g/mol. The van der Waals surface area contributed by atoms with E-state index in [-0.39, 0.29) is 17.9 Å². The van der Waals surface area contributed by atoms with Crippen molar-refractivity contribution in [1.82, 2.24) is 0 Å². The number of carbonyl (C=O) groups excluding carboxylic acids is 2. The summed E-state index contributed by atoms with van der Waals surface area (Å²) in [5.74, 6) is 0.0562. The number of amides is 1. The van der Waals surface area contributed by atoms with Gasteiger partial charge in [-0.05, 0) is 49.6 Å². The molecule has 0 saturated heterocycles. The fourth-order valence-corrected chi connectivity index (χ4v) is 3.14. The molecule has 28 heavy (non-hydrogen) atoms. The van der Waals surface area contributed by atoms with Crippen LogP contribution in [0.25, 0.3) is 0 Å². The first-order valence-corrected chi connectivity index (χ1v) is 8.66. The molecule has 0 aliphatic rings. The molecular weight excluding hydrogens is 362 g/mol. The summed E-state index contributed by atoms with van der Waals surface area (Å²) in [4.78, 5) is 24.5. The Kier molecular flexibility index (Phi) is 6.51. The Labute approximate surface area is 164 Å². The predicted octanol–water partition coefficient (Wildman–Crippen LogP) is 3.30. The predicted molar refractivity (Wildman–Crippen MR) is 106 cm³/mol. The van der Waals surface area contributed by atoms with Gasteiger partial charge in [0, 0.05) is 5.56 Å². The van der Waals surface area contributed by atoms with Crippen LogP contribution in [0.4, 0.5) is 5.69 Å². The molecular formula is C21H25NO6. The summed E-state index contributed by atoms with van der Waals surface area (Å²) in [6.45, 7) is 5.52. The van der Waals surface area contributed by atoms with Crippen LogP contribution < -0.4 is 14.8 Å². The quantitative estimate of drug-likeness (QED) is 0.583. The molecule has 0 aliphatic heterocycles. The molecule has 7 nitrogen and oxygen atoms in total. The van der Waals surface area contributed by atoms with E-state index in [1.165, 1.54) is 26.4 Å². The van der Waals surface area contributed by atoms with Gasteiger partial charge in [0.15, 0.2) is 0 Å². The molecule has 0 bridgehead atoms. The van der Waals surface area contributed by atoms with Gasteiger partial charge in [-0.25, -0.2) is 0 Å². The fraction of sp³-hybridized carbons (Fsp3) is 0.333. The van der Waals surface area contributed by atoms with Crippen molar-refractivity contribution in [2.24, 2.45) is 0 Å². The lowest BCUT2D eigenvalue weighted by Gasteiger charge is -2.20. The van der Waals surface area contributed by atoms with Crippen LogP contribution in [-0.4, -0.2) is 38.3 Å². The summed E-state index contributed by atoms with van der Waals surface area (Å²) in [7, 11) is 4.34. The summed E-state index contributed by atoms with van der Waals surface area (Å²) in [6, 6.07) is 4.54. The number of carbonyl (C=O) groups is 2. The summed E-state index contributed by atoms with van der Waals surface area (Å²) in [5.41, 5.74) is 3.41. The van der Waals surface area contributed by atoms with Gasteiger partial charge < -0.3 is 24.6 Å². The molecule has 1 amide bonds. The van der Waals surface area contributed by atoms with Crippen molar-refractivity contribution in [2.45, 2.75) is 27.2 Å². The summed E-state index contributed by atoms with van der Waals surface area (Å²) in [6.07, 6.45) is 0.0272. The number of methoxy groups -OCH3 is 3. The molecule has 0 spiro atoms. The van der Waals surface area contributed by atoms with Gasteiger partial charge in [-0.2, -0.15) is 0 Å². The number of hydrogen-bond acceptors (Lipinski definition) is 6. The first kappa shape index (κ1) is 21.1. The molecule has 7 heteroatoms. The molecule has 0 fully saturated rings. The second-order valence-electron chi connectivity index (χ2n) is 6.38. The molecule has 2 rings (SSSR count). The van der Waals surface area contributed by atoms with E-state index < -0.39 is 11.9 Å². The van der Waals surface area contributed by atoms with Gasteiger partial charge in [-0.1, -0.05) is 6.07 Å². The van der Waals surface area contributed by atoms with Crippen molar-refractivity contribution in [1.29, 1.82) is 0 Å². The smallest absolute Gasteiger partial charge is 0.309 e. The summed E-state index contributed by atoms with van der Waals surface area (Å²) in [5, 5.41) is 12.8. The van der Waals surface area contributed by atoms with Crippen LogP contribution >= 0.6 is 0 Å². The number of phenolic OH excluding ortho intramolecular Hbond substituents is 1. The monoisotopic (exact) mass is 387 g/mol. The fourth-order valence-electron chi connectivity index (χ4n) is 3.14. The second-order valence-corrected chi connectivity index (χ2v) is 6.38. The van der Waals surface area contributed by atoms with Crippen molar-refractivity contribution in [3.8, 4) is 17.2 Å². The Morgan fingerprint density at radius 1 is 0.964 bits per heavy atom. The minimum atomic E-state index is -0.457. The highest BCUT2D eigenvalue weighted by atomic mass is 16.5. The van der Waals surface area contributed by atoms with Gasteiger partial charge in [0.2, 0.25) is 0 Å². The number of nitrogens with one attached hydrogen (secondary N) is 1. The molecule has 0 aromatic heterocycles. The average Bonchev–Trinajstić information content (AvgIpc) is 2.67. The van der Waals surface area contributed by atoms with E-state index in [9.17, 15) is 14.7 Å². The molecule has 0 radical (unpaired) electrons. The number of ether oxygens (including phenoxy) is 3. The maximum atomic E-state index is 13.0. The van der Waals surface area contributed by atoms with Crippen LogP contribution in [0.1, 0.15) is 32.6 Å². The number of esters is 1. The van der Waals surface area contributed by atoms with Crippen molar-refractivity contribution < 1.29 is 28.9 Å². The molecule has 0 saturated carbocycles. The Balaban J connectivity index is 2.47. The topological polar surface area (TPSA) is 94.1 Å². The molecule has 0 heterocycles. The number of benzene rings is 2. The van der Waals surface area contributed by atoms with Crippen LogP contribution in [-0.2, 0) is 16.0 Å². The van der Waals surface area contributed by atoms with Crippen molar-refractivity contribution in [3.05, 3.63) is 46.0 Å². The van der Waals surface area contributed by atoms with E-state index in [4.69, 9.17) is 9.47 Å². The second kappa shape index (κ2) is 8.65. The van der Waals surface area contributed by atoms with Gasteiger partial charge >= 0.3 is 5.97 Å². The van der Waals surface area contributed by atoms with Gasteiger partial charge in [-0.3, -0.25) is 9.59 Å². The lowest BCUT2D eigenvalue weighted by molar-refractivity contribution is -0.139. The first-order chi connectivity index (χ1) is 13.2. The molecule has 2 N–H and O–H groups in total. The van der Waals surface area contributed by atoms with Gasteiger partial charge in [0.05, 0.1) is 39.0 Å². The minimum Gasteiger partial charge on any atom is -0.506 e. The minimum absolute atomic E-state index is 0.0272. The van der Waals surface area contributed by atoms with E-state index in [1.54, 1.807) is 20.1 Å². The SMILES string of the molecule is COC(=O)Cc1ccc(O)c(NC(=O)c2c(C)c(OC)c(C)c(C)c2OC)c1. The number of rotatable bonds is 6.